The second-order valence-electron chi connectivity index (χ2n) is 3.90. The fourth-order valence-electron chi connectivity index (χ4n) is 1.32. The summed E-state index contributed by atoms with van der Waals surface area (Å²) < 4.78 is 26.0. The molecular weight excluding hydrogens is 262 g/mol. The van der Waals surface area contributed by atoms with Crippen molar-refractivity contribution in [2.45, 2.75) is 6.54 Å². The highest BCUT2D eigenvalue weighted by Crippen LogP contribution is 2.21. The summed E-state index contributed by atoms with van der Waals surface area (Å²) in [4.78, 5) is 0. The van der Waals surface area contributed by atoms with Gasteiger partial charge in [-0.1, -0.05) is 11.6 Å². The van der Waals surface area contributed by atoms with Gasteiger partial charge in [0.05, 0.1) is 0 Å². The number of hydrogen-bond donors (Lipinski definition) is 1. The number of anilines is 1. The SMILES string of the molecule is CN(C)S(=O)(=O)N(C)Cc1cc(N)ccc1Cl. The summed E-state index contributed by atoms with van der Waals surface area (Å²) >= 11 is 5.98. The molecule has 0 heterocycles. The van der Waals surface area contributed by atoms with Crippen LogP contribution in [0.4, 0.5) is 5.69 Å². The van der Waals surface area contributed by atoms with E-state index in [1.54, 1.807) is 18.2 Å². The maximum atomic E-state index is 11.8. The maximum absolute atomic E-state index is 11.8. The minimum atomic E-state index is -3.44. The number of nitrogen functional groups attached to an aromatic ring is 1. The first-order valence-corrected chi connectivity index (χ1v) is 6.70. The Kier molecular flexibility index (Phi) is 4.37. The lowest BCUT2D eigenvalue weighted by atomic mass is 10.2. The van der Waals surface area contributed by atoms with Crippen LogP contribution < -0.4 is 5.73 Å². The molecule has 7 heteroatoms. The molecule has 96 valence electrons. The fraction of sp³-hybridized carbons (Fsp3) is 0.400. The van der Waals surface area contributed by atoms with Gasteiger partial charge >= 0.3 is 0 Å². The molecule has 0 spiro atoms. The van der Waals surface area contributed by atoms with Crippen molar-refractivity contribution in [1.82, 2.24) is 8.61 Å². The van der Waals surface area contributed by atoms with Crippen LogP contribution in [0.15, 0.2) is 18.2 Å². The minimum absolute atomic E-state index is 0.185. The summed E-state index contributed by atoms with van der Waals surface area (Å²) in [6.45, 7) is 0.185. The quantitative estimate of drug-likeness (QED) is 0.840. The average molecular weight is 278 g/mol. The zero-order chi connectivity index (χ0) is 13.2. The Labute approximate surface area is 107 Å². The Bertz CT molecular complexity index is 502. The third kappa shape index (κ3) is 3.32. The Morgan fingerprint density at radius 3 is 2.41 bits per heavy atom. The molecule has 0 unspecified atom stereocenters. The zero-order valence-electron chi connectivity index (χ0n) is 10.0. The van der Waals surface area contributed by atoms with Gasteiger partial charge in [0.25, 0.3) is 10.2 Å². The smallest absolute Gasteiger partial charge is 0.281 e. The van der Waals surface area contributed by atoms with Crippen molar-refractivity contribution in [2.75, 3.05) is 26.9 Å². The van der Waals surface area contributed by atoms with Gasteiger partial charge in [0, 0.05) is 38.4 Å². The monoisotopic (exact) mass is 277 g/mol. The highest BCUT2D eigenvalue weighted by Gasteiger charge is 2.21. The molecular formula is C10H16ClN3O2S. The number of benzene rings is 1. The molecule has 0 aromatic heterocycles. The highest BCUT2D eigenvalue weighted by molar-refractivity contribution is 7.86. The van der Waals surface area contributed by atoms with E-state index in [1.807, 2.05) is 0 Å². The van der Waals surface area contributed by atoms with Crippen molar-refractivity contribution in [3.8, 4) is 0 Å². The molecule has 0 saturated heterocycles. The first kappa shape index (κ1) is 14.2. The largest absolute Gasteiger partial charge is 0.399 e. The van der Waals surface area contributed by atoms with E-state index in [0.717, 1.165) is 4.31 Å². The lowest BCUT2D eigenvalue weighted by Crippen LogP contribution is -2.36. The minimum Gasteiger partial charge on any atom is -0.399 e. The normalized spacial score (nSPS) is 12.4. The molecule has 0 fully saturated rings. The van der Waals surface area contributed by atoms with Crippen LogP contribution in [0, 0.1) is 0 Å². The van der Waals surface area contributed by atoms with Crippen LogP contribution in [0.5, 0.6) is 0 Å². The van der Waals surface area contributed by atoms with Crippen molar-refractivity contribution >= 4 is 27.5 Å². The topological polar surface area (TPSA) is 66.6 Å². The first-order chi connectivity index (χ1) is 7.75. The Morgan fingerprint density at radius 2 is 1.88 bits per heavy atom. The average Bonchev–Trinajstić information content (AvgIpc) is 2.23. The van der Waals surface area contributed by atoms with Gasteiger partial charge in [-0.15, -0.1) is 0 Å². The number of nitrogens with zero attached hydrogens (tertiary/aromatic N) is 2. The lowest BCUT2D eigenvalue weighted by Gasteiger charge is -2.21. The summed E-state index contributed by atoms with van der Waals surface area (Å²) in [6.07, 6.45) is 0. The summed E-state index contributed by atoms with van der Waals surface area (Å²) in [5.41, 5.74) is 6.87. The molecule has 1 aromatic carbocycles. The molecule has 0 aliphatic heterocycles. The van der Waals surface area contributed by atoms with Crippen molar-refractivity contribution in [1.29, 1.82) is 0 Å². The number of rotatable bonds is 4. The third-order valence-corrected chi connectivity index (χ3v) is 4.53. The molecule has 0 aliphatic carbocycles. The molecule has 0 bridgehead atoms. The second-order valence-corrected chi connectivity index (χ2v) is 6.55. The van der Waals surface area contributed by atoms with Gasteiger partial charge in [-0.2, -0.15) is 17.0 Å². The molecule has 0 atom stereocenters. The van der Waals surface area contributed by atoms with Gasteiger partial charge in [0.15, 0.2) is 0 Å². The summed E-state index contributed by atoms with van der Waals surface area (Å²) in [6, 6.07) is 5.00. The van der Waals surface area contributed by atoms with Crippen LogP contribution in [0.25, 0.3) is 0 Å². The molecule has 0 radical (unpaired) electrons. The van der Waals surface area contributed by atoms with Crippen LogP contribution in [0.1, 0.15) is 5.56 Å². The van der Waals surface area contributed by atoms with Gasteiger partial charge in [0.1, 0.15) is 0 Å². The molecule has 0 amide bonds. The Balaban J connectivity index is 2.96. The first-order valence-electron chi connectivity index (χ1n) is 4.93. The predicted molar refractivity (Wildman–Crippen MR) is 69.9 cm³/mol. The van der Waals surface area contributed by atoms with Gasteiger partial charge in [-0.05, 0) is 23.8 Å². The van der Waals surface area contributed by atoms with Crippen molar-refractivity contribution in [3.05, 3.63) is 28.8 Å². The van der Waals surface area contributed by atoms with E-state index in [-0.39, 0.29) is 6.54 Å². The summed E-state index contributed by atoms with van der Waals surface area (Å²) in [7, 11) is 1.02. The Hall–Kier alpha value is -0.820. The van der Waals surface area contributed by atoms with E-state index in [1.165, 1.54) is 25.4 Å². The van der Waals surface area contributed by atoms with Gasteiger partial charge < -0.3 is 5.73 Å². The van der Waals surface area contributed by atoms with E-state index >= 15 is 0 Å². The van der Waals surface area contributed by atoms with Crippen LogP contribution in [0.3, 0.4) is 0 Å². The summed E-state index contributed by atoms with van der Waals surface area (Å²) in [5.74, 6) is 0. The third-order valence-electron chi connectivity index (χ3n) is 2.32. The second kappa shape index (κ2) is 5.22. The Morgan fingerprint density at radius 1 is 1.29 bits per heavy atom. The molecule has 0 saturated carbocycles. The van der Waals surface area contributed by atoms with Crippen molar-refractivity contribution in [2.24, 2.45) is 0 Å². The van der Waals surface area contributed by atoms with E-state index in [9.17, 15) is 8.42 Å². The standard InChI is InChI=1S/C10H16ClN3O2S/c1-13(2)17(15,16)14(3)7-8-6-9(12)4-5-10(8)11/h4-6H,7,12H2,1-3H3. The number of hydrogen-bond acceptors (Lipinski definition) is 3. The van der Waals surface area contributed by atoms with Crippen LogP contribution >= 0.6 is 11.6 Å². The van der Waals surface area contributed by atoms with Crippen molar-refractivity contribution in [3.63, 3.8) is 0 Å². The number of halogens is 1. The van der Waals surface area contributed by atoms with Crippen LogP contribution in [0.2, 0.25) is 5.02 Å². The fourth-order valence-corrected chi connectivity index (χ4v) is 2.35. The van der Waals surface area contributed by atoms with Crippen molar-refractivity contribution < 1.29 is 8.42 Å². The van der Waals surface area contributed by atoms with E-state index in [2.05, 4.69) is 0 Å². The molecule has 17 heavy (non-hydrogen) atoms. The van der Waals surface area contributed by atoms with E-state index in [4.69, 9.17) is 17.3 Å². The molecule has 5 nitrogen and oxygen atoms in total. The number of nitrogens with two attached hydrogens (primary N) is 1. The predicted octanol–water partition coefficient (Wildman–Crippen LogP) is 1.16. The van der Waals surface area contributed by atoms with E-state index < -0.39 is 10.2 Å². The van der Waals surface area contributed by atoms with Crippen LogP contribution in [-0.2, 0) is 16.8 Å². The molecule has 2 N–H and O–H groups in total. The van der Waals surface area contributed by atoms with Gasteiger partial charge in [-0.25, -0.2) is 0 Å². The molecule has 1 rings (SSSR count). The molecule has 0 aliphatic rings. The maximum Gasteiger partial charge on any atom is 0.281 e. The summed E-state index contributed by atoms with van der Waals surface area (Å²) in [5, 5.41) is 0.500. The molecule has 1 aromatic rings. The lowest BCUT2D eigenvalue weighted by molar-refractivity contribution is 0.414. The zero-order valence-corrected chi connectivity index (χ0v) is 11.6. The van der Waals surface area contributed by atoms with Crippen LogP contribution in [-0.4, -0.2) is 38.2 Å². The van der Waals surface area contributed by atoms with Gasteiger partial charge in [0.2, 0.25) is 0 Å². The van der Waals surface area contributed by atoms with E-state index in [0.29, 0.717) is 16.3 Å². The highest BCUT2D eigenvalue weighted by atomic mass is 35.5. The van der Waals surface area contributed by atoms with Gasteiger partial charge in [-0.3, -0.25) is 0 Å².